The zero-order valence-corrected chi connectivity index (χ0v) is 27.0. The monoisotopic (exact) mass is 578 g/mol. The van der Waals surface area contributed by atoms with Gasteiger partial charge in [0, 0.05) is 12.8 Å². The molecule has 0 spiro atoms. The molecule has 0 aromatic rings. The van der Waals surface area contributed by atoms with Crippen molar-refractivity contribution < 1.29 is 24.5 Å². The Morgan fingerprint density at radius 1 is 0.512 bits per heavy atom. The van der Waals surface area contributed by atoms with Crippen LogP contribution in [0.1, 0.15) is 181 Å². The summed E-state index contributed by atoms with van der Waals surface area (Å²) in [6.45, 7) is 4.50. The highest BCUT2D eigenvalue weighted by Crippen LogP contribution is 2.21. The summed E-state index contributed by atoms with van der Waals surface area (Å²) in [5.41, 5.74) is 0. The molecule has 5 nitrogen and oxygen atoms in total. The van der Waals surface area contributed by atoms with Crippen molar-refractivity contribution in [3.05, 3.63) is 24.3 Å². The fourth-order valence-corrected chi connectivity index (χ4v) is 5.22. The van der Waals surface area contributed by atoms with E-state index in [9.17, 15) is 9.59 Å². The van der Waals surface area contributed by atoms with Crippen LogP contribution >= 0.6 is 0 Å². The maximum atomic E-state index is 10.7. The van der Waals surface area contributed by atoms with Crippen LogP contribution < -0.4 is 0 Å². The van der Waals surface area contributed by atoms with Crippen LogP contribution in [-0.4, -0.2) is 34.4 Å². The lowest BCUT2D eigenvalue weighted by Gasteiger charge is -2.24. The lowest BCUT2D eigenvalue weighted by Crippen LogP contribution is -2.22. The summed E-state index contributed by atoms with van der Waals surface area (Å²) in [6, 6.07) is 0. The number of ether oxygens (including phenoxy) is 1. The van der Waals surface area contributed by atoms with Gasteiger partial charge in [-0.3, -0.25) is 9.59 Å². The summed E-state index contributed by atoms with van der Waals surface area (Å²) in [5, 5.41) is 17.6. The molecule has 2 N–H and O–H groups in total. The first-order valence-electron chi connectivity index (χ1n) is 17.4. The van der Waals surface area contributed by atoms with Gasteiger partial charge in [-0.25, -0.2) is 0 Å². The Balaban J connectivity index is 4.79. The van der Waals surface area contributed by atoms with Crippen molar-refractivity contribution in [1.82, 2.24) is 0 Å². The lowest BCUT2D eigenvalue weighted by atomic mass is 10.0. The highest BCUT2D eigenvalue weighted by molar-refractivity contribution is 5.66. The summed E-state index contributed by atoms with van der Waals surface area (Å²) >= 11 is 0. The fourth-order valence-electron chi connectivity index (χ4n) is 5.22. The molecule has 0 heterocycles. The van der Waals surface area contributed by atoms with E-state index in [0.29, 0.717) is 12.8 Å². The maximum absolute atomic E-state index is 10.7. The topological polar surface area (TPSA) is 83.8 Å². The molecule has 41 heavy (non-hydrogen) atoms. The third-order valence-electron chi connectivity index (χ3n) is 7.80. The predicted molar refractivity (Wildman–Crippen MR) is 174 cm³/mol. The second-order valence-corrected chi connectivity index (χ2v) is 11.9. The molecule has 240 valence electrons. The Hall–Kier alpha value is -1.62. The number of hydrogen-bond donors (Lipinski definition) is 2. The number of unbranched alkanes of at least 4 members (excludes halogenated alkanes) is 16. The zero-order valence-electron chi connectivity index (χ0n) is 27.0. The number of carboxylic acids is 2. The molecule has 0 aromatic carbocycles. The van der Waals surface area contributed by atoms with E-state index in [4.69, 9.17) is 14.9 Å². The SMILES string of the molecule is CCCCCC=CCC(CCCCCCCCC(=O)O)OC(CC=CCCCCC)CCCCCCCCC(=O)O. The van der Waals surface area contributed by atoms with Gasteiger partial charge in [0.15, 0.2) is 0 Å². The van der Waals surface area contributed by atoms with Crippen LogP contribution in [0.25, 0.3) is 0 Å². The van der Waals surface area contributed by atoms with Crippen LogP contribution in [-0.2, 0) is 14.3 Å². The Labute approximate surface area is 253 Å². The van der Waals surface area contributed by atoms with E-state index in [1.807, 2.05) is 0 Å². The van der Waals surface area contributed by atoms with Gasteiger partial charge in [0.1, 0.15) is 0 Å². The molecule has 0 bridgehead atoms. The van der Waals surface area contributed by atoms with E-state index in [-0.39, 0.29) is 12.2 Å². The molecule has 0 amide bonds. The summed E-state index contributed by atoms with van der Waals surface area (Å²) in [7, 11) is 0. The molecule has 0 radical (unpaired) electrons. The zero-order chi connectivity index (χ0) is 30.2. The molecule has 0 aliphatic carbocycles. The van der Waals surface area contributed by atoms with Gasteiger partial charge >= 0.3 is 11.9 Å². The van der Waals surface area contributed by atoms with Crippen LogP contribution in [0.15, 0.2) is 24.3 Å². The minimum Gasteiger partial charge on any atom is -0.481 e. The standard InChI is InChI=1S/C36H66O5/c1-3-5-7-9-15-21-27-33(29-23-17-11-13-19-25-31-35(37)38)41-34(28-22-16-10-8-6-4-2)30-24-18-12-14-20-26-32-36(39)40/h15-16,21-22,33-34H,3-14,17-20,23-32H2,1-2H3,(H,37,38)(H,39,40). The van der Waals surface area contributed by atoms with E-state index in [1.54, 1.807) is 0 Å². The summed E-state index contributed by atoms with van der Waals surface area (Å²) in [5.74, 6) is -1.37. The number of aliphatic carboxylic acids is 2. The largest absolute Gasteiger partial charge is 0.481 e. The summed E-state index contributed by atoms with van der Waals surface area (Å²) < 4.78 is 6.82. The van der Waals surface area contributed by atoms with Crippen molar-refractivity contribution in [3.63, 3.8) is 0 Å². The molecular formula is C36H66O5. The minimum absolute atomic E-state index is 0.263. The second-order valence-electron chi connectivity index (χ2n) is 11.9. The Kier molecular flexibility index (Phi) is 30.1. The van der Waals surface area contributed by atoms with E-state index >= 15 is 0 Å². The van der Waals surface area contributed by atoms with Gasteiger partial charge in [0.2, 0.25) is 0 Å². The number of hydrogen-bond acceptors (Lipinski definition) is 3. The molecule has 2 atom stereocenters. The van der Waals surface area contributed by atoms with Crippen molar-refractivity contribution in [3.8, 4) is 0 Å². The molecule has 5 heteroatoms. The van der Waals surface area contributed by atoms with Gasteiger partial charge in [0.25, 0.3) is 0 Å². The molecule has 0 aliphatic rings. The molecular weight excluding hydrogens is 512 g/mol. The van der Waals surface area contributed by atoms with Crippen LogP contribution in [0.5, 0.6) is 0 Å². The predicted octanol–water partition coefficient (Wildman–Crippen LogP) is 11.2. The number of carboxylic acid groups (broad SMARTS) is 2. The molecule has 0 saturated carbocycles. The molecule has 0 saturated heterocycles. The number of carbonyl (C=O) groups is 2. The Morgan fingerprint density at radius 3 is 1.24 bits per heavy atom. The van der Waals surface area contributed by atoms with Crippen LogP contribution in [0.3, 0.4) is 0 Å². The third-order valence-corrected chi connectivity index (χ3v) is 7.80. The highest BCUT2D eigenvalue weighted by Gasteiger charge is 2.15. The van der Waals surface area contributed by atoms with Gasteiger partial charge < -0.3 is 14.9 Å². The summed E-state index contributed by atoms with van der Waals surface area (Å²) in [4.78, 5) is 21.4. The van der Waals surface area contributed by atoms with E-state index in [0.717, 1.165) is 77.0 Å². The third kappa shape index (κ3) is 31.2. The van der Waals surface area contributed by atoms with Crippen LogP contribution in [0.2, 0.25) is 0 Å². The van der Waals surface area contributed by atoms with E-state index in [1.165, 1.54) is 77.0 Å². The van der Waals surface area contributed by atoms with Crippen molar-refractivity contribution in [2.45, 2.75) is 193 Å². The fraction of sp³-hybridized carbons (Fsp3) is 0.833. The molecule has 0 rings (SSSR count). The molecule has 0 aromatic heterocycles. The first kappa shape index (κ1) is 39.4. The lowest BCUT2D eigenvalue weighted by molar-refractivity contribution is -0.138. The van der Waals surface area contributed by atoms with Crippen LogP contribution in [0, 0.1) is 0 Å². The molecule has 2 unspecified atom stereocenters. The molecule has 0 aliphatic heterocycles. The average molecular weight is 579 g/mol. The number of allylic oxidation sites excluding steroid dienone is 2. The first-order chi connectivity index (χ1) is 20.0. The van der Waals surface area contributed by atoms with Crippen molar-refractivity contribution >= 4 is 11.9 Å². The Morgan fingerprint density at radius 2 is 0.878 bits per heavy atom. The van der Waals surface area contributed by atoms with Crippen molar-refractivity contribution in [1.29, 1.82) is 0 Å². The number of rotatable bonds is 32. The van der Waals surface area contributed by atoms with Crippen molar-refractivity contribution in [2.24, 2.45) is 0 Å². The molecule has 0 fully saturated rings. The van der Waals surface area contributed by atoms with Gasteiger partial charge in [-0.15, -0.1) is 0 Å². The van der Waals surface area contributed by atoms with E-state index < -0.39 is 11.9 Å². The van der Waals surface area contributed by atoms with Gasteiger partial charge in [0.05, 0.1) is 12.2 Å². The van der Waals surface area contributed by atoms with Crippen molar-refractivity contribution in [2.75, 3.05) is 0 Å². The second kappa shape index (κ2) is 31.3. The first-order valence-corrected chi connectivity index (χ1v) is 17.4. The van der Waals surface area contributed by atoms with E-state index in [2.05, 4.69) is 38.2 Å². The van der Waals surface area contributed by atoms with Gasteiger partial charge in [-0.05, 0) is 64.2 Å². The smallest absolute Gasteiger partial charge is 0.303 e. The van der Waals surface area contributed by atoms with Gasteiger partial charge in [-0.1, -0.05) is 128 Å². The highest BCUT2D eigenvalue weighted by atomic mass is 16.5. The quantitative estimate of drug-likeness (QED) is 0.0612. The van der Waals surface area contributed by atoms with Gasteiger partial charge in [-0.2, -0.15) is 0 Å². The average Bonchev–Trinajstić information content (AvgIpc) is 2.94. The Bertz CT molecular complexity index is 588. The van der Waals surface area contributed by atoms with Crippen LogP contribution in [0.4, 0.5) is 0 Å². The normalized spacial score (nSPS) is 13.3. The minimum atomic E-state index is -0.686. The maximum Gasteiger partial charge on any atom is 0.303 e. The summed E-state index contributed by atoms with van der Waals surface area (Å²) in [6.07, 6.45) is 37.6.